The van der Waals surface area contributed by atoms with Gasteiger partial charge >= 0.3 is 0 Å². The molecule has 0 saturated carbocycles. The van der Waals surface area contributed by atoms with Crippen molar-refractivity contribution in [1.82, 2.24) is 15.2 Å². The predicted molar refractivity (Wildman–Crippen MR) is 52.7 cm³/mol. The molecule has 11 heavy (non-hydrogen) atoms. The van der Waals surface area contributed by atoms with Crippen molar-refractivity contribution in [2.24, 2.45) is 4.99 Å². The van der Waals surface area contributed by atoms with Crippen LogP contribution >= 0.6 is 22.6 Å². The van der Waals surface area contributed by atoms with E-state index in [1.807, 2.05) is 29.5 Å². The SMILES string of the molecule is Cc1nc(/C=C\N=CI)n[nH]1. The number of halogens is 1. The molecule has 58 valence electrons. The van der Waals surface area contributed by atoms with Gasteiger partial charge in [0.15, 0.2) is 5.82 Å². The smallest absolute Gasteiger partial charge is 0.175 e. The molecular weight excluding hydrogens is 255 g/mol. The van der Waals surface area contributed by atoms with Crippen molar-refractivity contribution in [3.8, 4) is 0 Å². The fourth-order valence-electron chi connectivity index (χ4n) is 0.577. The van der Waals surface area contributed by atoms with E-state index in [9.17, 15) is 0 Å². The van der Waals surface area contributed by atoms with Crippen LogP contribution in [0.2, 0.25) is 0 Å². The van der Waals surface area contributed by atoms with Crippen LogP contribution in [-0.2, 0) is 0 Å². The Morgan fingerprint density at radius 1 is 1.64 bits per heavy atom. The number of hydrogen-bond acceptors (Lipinski definition) is 3. The summed E-state index contributed by atoms with van der Waals surface area (Å²) in [6.45, 7) is 1.85. The lowest BCUT2D eigenvalue weighted by atomic mass is 10.6. The van der Waals surface area contributed by atoms with E-state index in [-0.39, 0.29) is 0 Å². The lowest BCUT2D eigenvalue weighted by Gasteiger charge is -1.75. The van der Waals surface area contributed by atoms with Crippen molar-refractivity contribution < 1.29 is 0 Å². The normalized spacial score (nSPS) is 11.8. The summed E-state index contributed by atoms with van der Waals surface area (Å²) in [5.74, 6) is 1.47. The quantitative estimate of drug-likeness (QED) is 0.649. The van der Waals surface area contributed by atoms with E-state index < -0.39 is 0 Å². The number of hydrogen-bond donors (Lipinski definition) is 1. The molecule has 0 aliphatic rings. The van der Waals surface area contributed by atoms with Gasteiger partial charge in [0.25, 0.3) is 0 Å². The topological polar surface area (TPSA) is 53.9 Å². The summed E-state index contributed by atoms with van der Waals surface area (Å²) >= 11 is 2.04. The molecule has 0 atom stereocenters. The Labute approximate surface area is 78.0 Å². The van der Waals surface area contributed by atoms with Crippen molar-refractivity contribution in [2.75, 3.05) is 0 Å². The molecule has 1 aromatic rings. The minimum absolute atomic E-state index is 0.657. The highest BCUT2D eigenvalue weighted by Crippen LogP contribution is 1.93. The summed E-state index contributed by atoms with van der Waals surface area (Å²) in [4.78, 5) is 7.92. The van der Waals surface area contributed by atoms with E-state index >= 15 is 0 Å². The summed E-state index contributed by atoms with van der Waals surface area (Å²) in [5.41, 5.74) is 0. The number of rotatable bonds is 2. The van der Waals surface area contributed by atoms with E-state index in [1.54, 1.807) is 16.5 Å². The highest BCUT2D eigenvalue weighted by molar-refractivity contribution is 14.1. The average molecular weight is 262 g/mol. The van der Waals surface area contributed by atoms with Crippen molar-refractivity contribution in [3.63, 3.8) is 0 Å². The monoisotopic (exact) mass is 262 g/mol. The van der Waals surface area contributed by atoms with E-state index in [4.69, 9.17) is 0 Å². The average Bonchev–Trinajstić information content (AvgIpc) is 2.37. The molecule has 0 fully saturated rings. The van der Waals surface area contributed by atoms with Crippen LogP contribution in [0.5, 0.6) is 0 Å². The van der Waals surface area contributed by atoms with E-state index in [0.717, 1.165) is 5.82 Å². The van der Waals surface area contributed by atoms with E-state index in [2.05, 4.69) is 20.2 Å². The molecular formula is C6H7IN4. The maximum atomic E-state index is 4.05. The molecule has 0 radical (unpaired) electrons. The maximum Gasteiger partial charge on any atom is 0.175 e. The third-order valence-electron chi connectivity index (χ3n) is 0.981. The van der Waals surface area contributed by atoms with Gasteiger partial charge in [-0.3, -0.25) is 10.1 Å². The van der Waals surface area contributed by atoms with Gasteiger partial charge in [0.05, 0.1) is 4.22 Å². The van der Waals surface area contributed by atoms with Crippen LogP contribution in [0.4, 0.5) is 0 Å². The van der Waals surface area contributed by atoms with Gasteiger partial charge in [-0.05, 0) is 29.5 Å². The lowest BCUT2D eigenvalue weighted by molar-refractivity contribution is 1.03. The van der Waals surface area contributed by atoms with Crippen LogP contribution in [0.15, 0.2) is 11.2 Å². The molecule has 1 N–H and O–H groups in total. The molecule has 0 saturated heterocycles. The van der Waals surface area contributed by atoms with Crippen LogP contribution in [0, 0.1) is 6.92 Å². The fourth-order valence-corrected chi connectivity index (χ4v) is 0.762. The molecule has 0 amide bonds. The second-order valence-electron chi connectivity index (χ2n) is 1.84. The first-order chi connectivity index (χ1) is 5.33. The highest BCUT2D eigenvalue weighted by atomic mass is 127. The molecule has 0 aromatic carbocycles. The number of nitrogens with one attached hydrogen (secondary N) is 1. The van der Waals surface area contributed by atoms with Gasteiger partial charge in [0.1, 0.15) is 5.82 Å². The molecule has 0 aliphatic carbocycles. The third-order valence-corrected chi connectivity index (χ3v) is 1.30. The van der Waals surface area contributed by atoms with E-state index in [1.165, 1.54) is 0 Å². The number of nitrogens with zero attached hydrogens (tertiary/aromatic N) is 3. The van der Waals surface area contributed by atoms with Crippen LogP contribution < -0.4 is 0 Å². The molecule has 1 rings (SSSR count). The molecule has 0 bridgehead atoms. The second-order valence-corrected chi connectivity index (χ2v) is 2.40. The van der Waals surface area contributed by atoms with Crippen molar-refractivity contribution in [1.29, 1.82) is 0 Å². The van der Waals surface area contributed by atoms with Crippen molar-refractivity contribution >= 4 is 32.9 Å². The first-order valence-corrected chi connectivity index (χ1v) is 4.25. The zero-order valence-corrected chi connectivity index (χ0v) is 8.11. The zero-order chi connectivity index (χ0) is 8.10. The highest BCUT2D eigenvalue weighted by Gasteiger charge is 1.91. The van der Waals surface area contributed by atoms with Gasteiger partial charge in [-0.2, -0.15) is 5.10 Å². The second kappa shape index (κ2) is 4.22. The number of aryl methyl sites for hydroxylation is 1. The summed E-state index contributed by atoms with van der Waals surface area (Å²) in [6.07, 6.45) is 3.38. The van der Waals surface area contributed by atoms with Crippen LogP contribution in [0.25, 0.3) is 6.08 Å². The minimum Gasteiger partial charge on any atom is -0.263 e. The Kier molecular flexibility index (Phi) is 3.21. The largest absolute Gasteiger partial charge is 0.263 e. The van der Waals surface area contributed by atoms with Crippen LogP contribution in [0.3, 0.4) is 0 Å². The molecule has 1 aromatic heterocycles. The molecule has 5 heteroatoms. The number of H-pyrrole nitrogens is 1. The number of aromatic amines is 1. The Morgan fingerprint density at radius 2 is 2.45 bits per heavy atom. The summed E-state index contributed by atoms with van der Waals surface area (Å²) in [5, 5.41) is 6.62. The third kappa shape index (κ3) is 2.79. The fraction of sp³-hybridized carbons (Fsp3) is 0.167. The maximum absolute atomic E-state index is 4.05. The first-order valence-electron chi connectivity index (χ1n) is 3.00. The number of aromatic nitrogens is 3. The van der Waals surface area contributed by atoms with Gasteiger partial charge in [-0.25, -0.2) is 4.98 Å². The van der Waals surface area contributed by atoms with Gasteiger partial charge in [-0.1, -0.05) is 0 Å². The molecule has 0 unspecified atom stereocenters. The molecule has 1 heterocycles. The lowest BCUT2D eigenvalue weighted by Crippen LogP contribution is -1.72. The van der Waals surface area contributed by atoms with E-state index in [0.29, 0.717) is 5.82 Å². The Balaban J connectivity index is 2.64. The standard InChI is InChI=1S/C6H7IN4/c1-5-9-6(11-10-5)2-3-8-4-7/h2-4H,1H3,(H,9,10,11)/b3-2-,8-4?. The minimum atomic E-state index is 0.657. The summed E-state index contributed by atoms with van der Waals surface area (Å²) < 4.78 is 1.67. The summed E-state index contributed by atoms with van der Waals surface area (Å²) in [7, 11) is 0. The van der Waals surface area contributed by atoms with Crippen molar-refractivity contribution in [2.45, 2.75) is 6.92 Å². The first kappa shape index (κ1) is 8.38. The van der Waals surface area contributed by atoms with Gasteiger partial charge in [-0.15, -0.1) is 0 Å². The van der Waals surface area contributed by atoms with Crippen molar-refractivity contribution in [3.05, 3.63) is 17.8 Å². The molecule has 0 aliphatic heterocycles. The zero-order valence-electron chi connectivity index (χ0n) is 5.95. The Morgan fingerprint density at radius 3 is 3.00 bits per heavy atom. The molecule has 4 nitrogen and oxygen atoms in total. The predicted octanol–water partition coefficient (Wildman–Crippen LogP) is 1.55. The van der Waals surface area contributed by atoms with Gasteiger partial charge < -0.3 is 0 Å². The van der Waals surface area contributed by atoms with Crippen LogP contribution in [-0.4, -0.2) is 19.4 Å². The van der Waals surface area contributed by atoms with Crippen LogP contribution in [0.1, 0.15) is 11.6 Å². The summed E-state index contributed by atoms with van der Waals surface area (Å²) in [6, 6.07) is 0. The molecule has 0 spiro atoms. The van der Waals surface area contributed by atoms with Gasteiger partial charge in [0, 0.05) is 12.3 Å². The Bertz CT molecular complexity index is 276. The number of aliphatic imine (C=N–C) groups is 1. The van der Waals surface area contributed by atoms with Gasteiger partial charge in [0.2, 0.25) is 0 Å². The Hall–Kier alpha value is -0.720.